The summed E-state index contributed by atoms with van der Waals surface area (Å²) in [5, 5.41) is 10.5. The van der Waals surface area contributed by atoms with Crippen LogP contribution in [0, 0.1) is 11.3 Å². The van der Waals surface area contributed by atoms with Gasteiger partial charge in [-0.2, -0.15) is 5.26 Å². The minimum absolute atomic E-state index is 0.152. The third kappa shape index (κ3) is 5.05. The average Bonchev–Trinajstić information content (AvgIpc) is 2.80. The van der Waals surface area contributed by atoms with Gasteiger partial charge in [0.15, 0.2) is 0 Å². The second-order valence-electron chi connectivity index (χ2n) is 8.11. The topological polar surface area (TPSA) is 30.3 Å². The van der Waals surface area contributed by atoms with Gasteiger partial charge in [-0.05, 0) is 47.4 Å². The Labute approximate surface area is 194 Å². The van der Waals surface area contributed by atoms with Gasteiger partial charge in [0.1, 0.15) is 0 Å². The van der Waals surface area contributed by atoms with Crippen LogP contribution in [0.1, 0.15) is 35.6 Å². The summed E-state index contributed by atoms with van der Waals surface area (Å²) in [4.78, 5) is 4.89. The average molecular weight is 450 g/mol. The molecule has 0 saturated carbocycles. The van der Waals surface area contributed by atoms with Crippen LogP contribution in [0.3, 0.4) is 0 Å². The highest BCUT2D eigenvalue weighted by Crippen LogP contribution is 2.36. The molecule has 0 amide bonds. The lowest BCUT2D eigenvalue weighted by atomic mass is 9.97. The third-order valence-electron chi connectivity index (χ3n) is 6.01. The molecule has 1 aliphatic heterocycles. The highest BCUT2D eigenvalue weighted by atomic mass is 35.5. The number of nitrogens with zero attached hydrogens (tertiary/aromatic N) is 3. The summed E-state index contributed by atoms with van der Waals surface area (Å²) < 4.78 is 0. The summed E-state index contributed by atoms with van der Waals surface area (Å²) >= 11 is 12.7. The van der Waals surface area contributed by atoms with E-state index >= 15 is 0 Å². The van der Waals surface area contributed by atoms with Crippen LogP contribution in [-0.4, -0.2) is 31.1 Å². The molecule has 5 heteroatoms. The first kappa shape index (κ1) is 21.7. The second kappa shape index (κ2) is 9.75. The van der Waals surface area contributed by atoms with Gasteiger partial charge in [-0.15, -0.1) is 0 Å². The maximum Gasteiger partial charge on any atom is 0.0992 e. The Morgan fingerprint density at radius 2 is 1.74 bits per heavy atom. The quantitative estimate of drug-likeness (QED) is 0.443. The molecule has 2 atom stereocenters. The maximum absolute atomic E-state index is 9.19. The summed E-state index contributed by atoms with van der Waals surface area (Å²) in [7, 11) is 0. The molecule has 1 aliphatic rings. The van der Waals surface area contributed by atoms with Crippen LogP contribution in [0.2, 0.25) is 10.0 Å². The molecule has 3 aromatic carbocycles. The van der Waals surface area contributed by atoms with E-state index in [9.17, 15) is 5.26 Å². The molecule has 3 aromatic rings. The number of anilines is 1. The molecule has 0 unspecified atom stereocenters. The molecule has 0 bridgehead atoms. The van der Waals surface area contributed by atoms with E-state index in [1.807, 2.05) is 24.3 Å². The summed E-state index contributed by atoms with van der Waals surface area (Å²) in [6, 6.07) is 26.6. The van der Waals surface area contributed by atoms with E-state index < -0.39 is 0 Å². The van der Waals surface area contributed by atoms with Crippen LogP contribution in [-0.2, 0) is 0 Å². The number of piperazine rings is 1. The van der Waals surface area contributed by atoms with Gasteiger partial charge in [0, 0.05) is 31.2 Å². The largest absolute Gasteiger partial charge is 0.361 e. The highest BCUT2D eigenvalue weighted by Gasteiger charge is 2.30. The van der Waals surface area contributed by atoms with Crippen LogP contribution < -0.4 is 4.90 Å². The van der Waals surface area contributed by atoms with Crippen molar-refractivity contribution in [2.24, 2.45) is 0 Å². The van der Waals surface area contributed by atoms with E-state index in [0.717, 1.165) is 36.9 Å². The van der Waals surface area contributed by atoms with Gasteiger partial charge in [0.2, 0.25) is 0 Å². The van der Waals surface area contributed by atoms with Gasteiger partial charge >= 0.3 is 0 Å². The van der Waals surface area contributed by atoms with Crippen LogP contribution in [0.5, 0.6) is 0 Å². The molecule has 0 aromatic heterocycles. The van der Waals surface area contributed by atoms with Crippen molar-refractivity contribution in [3.05, 3.63) is 99.5 Å². The van der Waals surface area contributed by atoms with Crippen molar-refractivity contribution in [1.29, 1.82) is 5.26 Å². The lowest BCUT2D eigenvalue weighted by Gasteiger charge is -2.44. The van der Waals surface area contributed by atoms with Crippen molar-refractivity contribution in [3.63, 3.8) is 0 Å². The molecule has 4 rings (SSSR count). The summed E-state index contributed by atoms with van der Waals surface area (Å²) in [6.45, 7) is 6.01. The SMILES string of the molecule is C[C@H](CN1CCN(c2ccc(C#N)cc2Cl)[C@H](c2ccc(Cl)cc2)C1)c1ccccc1. The molecular weight excluding hydrogens is 425 g/mol. The normalized spacial score (nSPS) is 17.9. The summed E-state index contributed by atoms with van der Waals surface area (Å²) in [5.41, 5.74) is 4.12. The number of hydrogen-bond donors (Lipinski definition) is 0. The fourth-order valence-electron chi connectivity index (χ4n) is 4.35. The predicted molar refractivity (Wildman–Crippen MR) is 129 cm³/mol. The van der Waals surface area contributed by atoms with Crippen molar-refractivity contribution < 1.29 is 0 Å². The first-order valence-corrected chi connectivity index (χ1v) is 11.3. The Hall–Kier alpha value is -2.51. The van der Waals surface area contributed by atoms with Crippen molar-refractivity contribution in [1.82, 2.24) is 4.90 Å². The molecule has 31 heavy (non-hydrogen) atoms. The van der Waals surface area contributed by atoms with Crippen molar-refractivity contribution in [2.45, 2.75) is 18.9 Å². The van der Waals surface area contributed by atoms with E-state index in [-0.39, 0.29) is 6.04 Å². The van der Waals surface area contributed by atoms with Crippen molar-refractivity contribution >= 4 is 28.9 Å². The molecule has 158 valence electrons. The van der Waals surface area contributed by atoms with Gasteiger partial charge < -0.3 is 4.90 Å². The summed E-state index contributed by atoms with van der Waals surface area (Å²) in [6.07, 6.45) is 0. The fourth-order valence-corrected chi connectivity index (χ4v) is 4.76. The number of hydrogen-bond acceptors (Lipinski definition) is 3. The monoisotopic (exact) mass is 449 g/mol. The molecule has 1 saturated heterocycles. The first-order chi connectivity index (χ1) is 15.0. The molecule has 0 N–H and O–H groups in total. The number of benzene rings is 3. The standard InChI is InChI=1S/C26H25Cl2N3/c1-19(21-5-3-2-4-6-21)17-30-13-14-31(25-12-7-20(16-29)15-24(25)28)26(18-30)22-8-10-23(27)11-9-22/h2-12,15,19,26H,13-14,17-18H2,1H3/t19-,26+/m1/s1. The molecule has 0 aliphatic carbocycles. The second-order valence-corrected chi connectivity index (χ2v) is 8.95. The number of rotatable bonds is 5. The zero-order chi connectivity index (χ0) is 21.8. The number of halogens is 2. The Kier molecular flexibility index (Phi) is 6.83. The number of nitriles is 1. The fraction of sp³-hybridized carbons (Fsp3) is 0.269. The molecular formula is C26H25Cl2N3. The van der Waals surface area contributed by atoms with Crippen LogP contribution in [0.15, 0.2) is 72.8 Å². The Morgan fingerprint density at radius 1 is 1.00 bits per heavy atom. The first-order valence-electron chi connectivity index (χ1n) is 10.5. The van der Waals surface area contributed by atoms with E-state index in [2.05, 4.69) is 65.3 Å². The van der Waals surface area contributed by atoms with Crippen molar-refractivity contribution in [3.8, 4) is 6.07 Å². The summed E-state index contributed by atoms with van der Waals surface area (Å²) in [5.74, 6) is 0.456. The molecule has 0 radical (unpaired) electrons. The Balaban J connectivity index is 1.60. The Morgan fingerprint density at radius 3 is 2.42 bits per heavy atom. The van der Waals surface area contributed by atoms with E-state index in [4.69, 9.17) is 23.2 Å². The maximum atomic E-state index is 9.19. The lowest BCUT2D eigenvalue weighted by Crippen LogP contribution is -2.49. The van der Waals surface area contributed by atoms with E-state index in [1.54, 1.807) is 6.07 Å². The van der Waals surface area contributed by atoms with Crippen LogP contribution in [0.25, 0.3) is 0 Å². The molecule has 1 fully saturated rings. The molecule has 3 nitrogen and oxygen atoms in total. The minimum atomic E-state index is 0.152. The molecule has 0 spiro atoms. The van der Waals surface area contributed by atoms with Gasteiger partial charge in [-0.1, -0.05) is 72.6 Å². The van der Waals surface area contributed by atoms with Crippen LogP contribution in [0.4, 0.5) is 5.69 Å². The zero-order valence-electron chi connectivity index (χ0n) is 17.5. The van der Waals surface area contributed by atoms with Gasteiger partial charge in [-0.3, -0.25) is 4.90 Å². The smallest absolute Gasteiger partial charge is 0.0992 e. The van der Waals surface area contributed by atoms with Gasteiger partial charge in [-0.25, -0.2) is 0 Å². The minimum Gasteiger partial charge on any atom is -0.361 e. The van der Waals surface area contributed by atoms with Crippen molar-refractivity contribution in [2.75, 3.05) is 31.1 Å². The highest BCUT2D eigenvalue weighted by molar-refractivity contribution is 6.33. The third-order valence-corrected chi connectivity index (χ3v) is 6.56. The molecule has 1 heterocycles. The zero-order valence-corrected chi connectivity index (χ0v) is 19.0. The van der Waals surface area contributed by atoms with Gasteiger partial charge in [0.05, 0.1) is 28.4 Å². The Bertz CT molecular complexity index is 1060. The van der Waals surface area contributed by atoms with E-state index in [1.165, 1.54) is 11.1 Å². The lowest BCUT2D eigenvalue weighted by molar-refractivity contribution is 0.214. The van der Waals surface area contributed by atoms with E-state index in [0.29, 0.717) is 16.5 Å². The van der Waals surface area contributed by atoms with Crippen LogP contribution >= 0.6 is 23.2 Å². The predicted octanol–water partition coefficient (Wildman–Crippen LogP) is 6.53. The van der Waals surface area contributed by atoms with Gasteiger partial charge in [0.25, 0.3) is 0 Å².